The summed E-state index contributed by atoms with van der Waals surface area (Å²) in [6.07, 6.45) is 5.60. The molecule has 1 aliphatic heterocycles. The molecule has 2 heterocycles. The molecule has 0 aliphatic carbocycles. The number of carbonyl (C=O) groups is 1. The molecule has 0 amide bonds. The molecule has 1 atom stereocenters. The van der Waals surface area contributed by atoms with E-state index in [0.29, 0.717) is 12.4 Å². The standard InChI is InChI=1S/C27H38N2O5/c1-7-33-26(31)20-17-29-21(16-22(20)30)19-15-23(32-6)24(34-12-10-8-9-11-28-5)13-18(19)14-25(29)27(2,3)4/h13,15-17,25,28H,7-12,14H2,1-6H3. The summed E-state index contributed by atoms with van der Waals surface area (Å²) in [6, 6.07) is 5.59. The van der Waals surface area contributed by atoms with E-state index >= 15 is 0 Å². The minimum Gasteiger partial charge on any atom is -0.493 e. The van der Waals surface area contributed by atoms with E-state index in [1.54, 1.807) is 26.3 Å². The van der Waals surface area contributed by atoms with E-state index in [-0.39, 0.29) is 29.1 Å². The largest absolute Gasteiger partial charge is 0.493 e. The Bertz CT molecular complexity index is 1070. The number of unbranched alkanes of at least 4 members (excludes halogenated alkanes) is 2. The number of ether oxygens (including phenoxy) is 3. The third kappa shape index (κ3) is 5.63. The van der Waals surface area contributed by atoms with Crippen LogP contribution in [0.4, 0.5) is 0 Å². The summed E-state index contributed by atoms with van der Waals surface area (Å²) in [5.41, 5.74) is 2.41. The molecular formula is C27H38N2O5. The highest BCUT2D eigenvalue weighted by atomic mass is 16.5. The number of benzene rings is 1. The molecule has 2 aromatic rings. The van der Waals surface area contributed by atoms with Gasteiger partial charge in [0.2, 0.25) is 0 Å². The van der Waals surface area contributed by atoms with Crippen molar-refractivity contribution >= 4 is 5.97 Å². The fraction of sp³-hybridized carbons (Fsp3) is 0.556. The number of hydrogen-bond donors (Lipinski definition) is 1. The zero-order chi connectivity index (χ0) is 24.9. The van der Waals surface area contributed by atoms with E-state index in [9.17, 15) is 9.59 Å². The Morgan fingerprint density at radius 2 is 1.91 bits per heavy atom. The molecule has 3 rings (SSSR count). The van der Waals surface area contributed by atoms with Gasteiger partial charge in [-0.2, -0.15) is 0 Å². The van der Waals surface area contributed by atoms with Crippen LogP contribution in [0.15, 0.2) is 29.2 Å². The first-order chi connectivity index (χ1) is 16.2. The molecule has 0 radical (unpaired) electrons. The molecule has 1 unspecified atom stereocenters. The number of pyridine rings is 1. The lowest BCUT2D eigenvalue weighted by atomic mass is 9.78. The summed E-state index contributed by atoms with van der Waals surface area (Å²) in [7, 11) is 3.59. The minimum absolute atomic E-state index is 0.0477. The van der Waals surface area contributed by atoms with E-state index in [0.717, 1.165) is 54.8 Å². The summed E-state index contributed by atoms with van der Waals surface area (Å²) < 4.78 is 18.9. The van der Waals surface area contributed by atoms with Crippen molar-refractivity contribution in [3.8, 4) is 22.8 Å². The van der Waals surface area contributed by atoms with Crippen molar-refractivity contribution < 1.29 is 19.0 Å². The number of nitrogens with zero attached hydrogens (tertiary/aromatic N) is 1. The van der Waals surface area contributed by atoms with Gasteiger partial charge in [0.05, 0.1) is 26.0 Å². The van der Waals surface area contributed by atoms with Crippen molar-refractivity contribution in [3.05, 3.63) is 45.7 Å². The monoisotopic (exact) mass is 470 g/mol. The van der Waals surface area contributed by atoms with Crippen LogP contribution in [0.25, 0.3) is 11.3 Å². The van der Waals surface area contributed by atoms with E-state index in [4.69, 9.17) is 14.2 Å². The summed E-state index contributed by atoms with van der Waals surface area (Å²) in [5, 5.41) is 3.16. The lowest BCUT2D eigenvalue weighted by Crippen LogP contribution is -2.33. The van der Waals surface area contributed by atoms with Gasteiger partial charge in [0.1, 0.15) is 5.56 Å². The average molecular weight is 471 g/mol. The molecule has 1 N–H and O–H groups in total. The van der Waals surface area contributed by atoms with Crippen LogP contribution in [0.2, 0.25) is 0 Å². The Hall–Kier alpha value is -2.80. The number of nitrogens with one attached hydrogen (secondary N) is 1. The van der Waals surface area contributed by atoms with Crippen molar-refractivity contribution in [2.75, 3.05) is 33.9 Å². The first kappa shape index (κ1) is 25.8. The molecule has 1 aliphatic rings. The van der Waals surface area contributed by atoms with Crippen molar-refractivity contribution in [2.24, 2.45) is 5.41 Å². The van der Waals surface area contributed by atoms with Gasteiger partial charge >= 0.3 is 5.97 Å². The SMILES string of the molecule is CCOC(=O)c1cn2c(cc1=O)-c1cc(OC)c(OCCCCCNC)cc1CC2C(C)(C)C. The van der Waals surface area contributed by atoms with Crippen molar-refractivity contribution in [2.45, 2.75) is 59.4 Å². The van der Waals surface area contributed by atoms with Gasteiger partial charge in [-0.15, -0.1) is 0 Å². The first-order valence-electron chi connectivity index (χ1n) is 12.1. The zero-order valence-corrected chi connectivity index (χ0v) is 21.3. The molecule has 7 heteroatoms. The molecule has 0 bridgehead atoms. The fourth-order valence-corrected chi connectivity index (χ4v) is 4.46. The van der Waals surface area contributed by atoms with Crippen LogP contribution < -0.4 is 20.2 Å². The molecule has 0 saturated carbocycles. The second-order valence-electron chi connectivity index (χ2n) is 9.82. The van der Waals surface area contributed by atoms with Gasteiger partial charge in [-0.1, -0.05) is 20.8 Å². The van der Waals surface area contributed by atoms with E-state index in [1.807, 2.05) is 19.2 Å². The maximum absolute atomic E-state index is 12.9. The number of carbonyl (C=O) groups excluding carboxylic acids is 1. The smallest absolute Gasteiger partial charge is 0.343 e. The number of esters is 1. The zero-order valence-electron chi connectivity index (χ0n) is 21.3. The summed E-state index contributed by atoms with van der Waals surface area (Å²) in [4.78, 5) is 25.3. The Labute approximate surface area is 202 Å². The Kier molecular flexibility index (Phi) is 8.42. The van der Waals surface area contributed by atoms with Crippen LogP contribution in [0.3, 0.4) is 0 Å². The highest BCUT2D eigenvalue weighted by Gasteiger charge is 2.34. The lowest BCUT2D eigenvalue weighted by Gasteiger charge is -2.39. The van der Waals surface area contributed by atoms with Crippen LogP contribution in [0, 0.1) is 5.41 Å². The maximum Gasteiger partial charge on any atom is 0.343 e. The molecule has 7 nitrogen and oxygen atoms in total. The van der Waals surface area contributed by atoms with Crippen LogP contribution >= 0.6 is 0 Å². The quantitative estimate of drug-likeness (QED) is 0.403. The molecular weight excluding hydrogens is 432 g/mol. The fourth-order valence-electron chi connectivity index (χ4n) is 4.46. The van der Waals surface area contributed by atoms with Crippen molar-refractivity contribution in [3.63, 3.8) is 0 Å². The predicted octanol–water partition coefficient (Wildman–Crippen LogP) is 4.61. The predicted molar refractivity (Wildman–Crippen MR) is 134 cm³/mol. The van der Waals surface area contributed by atoms with E-state index in [2.05, 4.69) is 30.7 Å². The number of hydrogen-bond acceptors (Lipinski definition) is 6. The van der Waals surface area contributed by atoms with Gasteiger partial charge in [0.25, 0.3) is 0 Å². The van der Waals surface area contributed by atoms with Gasteiger partial charge in [-0.05, 0) is 69.3 Å². The number of rotatable bonds is 10. The van der Waals surface area contributed by atoms with Crippen LogP contribution in [-0.2, 0) is 11.2 Å². The number of methoxy groups -OCH3 is 1. The normalized spacial score (nSPS) is 14.8. The maximum atomic E-state index is 12.9. The Balaban J connectivity index is 2.01. The average Bonchev–Trinajstić information content (AvgIpc) is 2.79. The summed E-state index contributed by atoms with van der Waals surface area (Å²) in [5.74, 6) is 0.774. The van der Waals surface area contributed by atoms with Gasteiger partial charge in [0.15, 0.2) is 16.9 Å². The van der Waals surface area contributed by atoms with Crippen LogP contribution in [0.1, 0.15) is 68.9 Å². The second kappa shape index (κ2) is 11.1. The molecule has 1 aromatic carbocycles. The molecule has 186 valence electrons. The summed E-state index contributed by atoms with van der Waals surface area (Å²) in [6.45, 7) is 10.1. The van der Waals surface area contributed by atoms with Crippen LogP contribution in [0.5, 0.6) is 11.5 Å². The third-order valence-electron chi connectivity index (χ3n) is 6.32. The minimum atomic E-state index is -0.586. The van der Waals surface area contributed by atoms with Crippen LogP contribution in [-0.4, -0.2) is 44.5 Å². The summed E-state index contributed by atoms with van der Waals surface area (Å²) >= 11 is 0. The van der Waals surface area contributed by atoms with Gasteiger partial charge in [-0.3, -0.25) is 4.79 Å². The molecule has 0 fully saturated rings. The Morgan fingerprint density at radius 3 is 2.56 bits per heavy atom. The molecule has 0 spiro atoms. The Morgan fingerprint density at radius 1 is 1.15 bits per heavy atom. The van der Waals surface area contributed by atoms with Crippen molar-refractivity contribution in [1.29, 1.82) is 0 Å². The highest BCUT2D eigenvalue weighted by molar-refractivity contribution is 5.89. The molecule has 34 heavy (non-hydrogen) atoms. The second-order valence-corrected chi connectivity index (χ2v) is 9.82. The van der Waals surface area contributed by atoms with E-state index < -0.39 is 5.97 Å². The van der Waals surface area contributed by atoms with Gasteiger partial charge in [0, 0.05) is 23.9 Å². The molecule has 0 saturated heterocycles. The van der Waals surface area contributed by atoms with Gasteiger partial charge < -0.3 is 24.1 Å². The van der Waals surface area contributed by atoms with Crippen molar-refractivity contribution in [1.82, 2.24) is 9.88 Å². The molecule has 1 aromatic heterocycles. The number of aromatic nitrogens is 1. The van der Waals surface area contributed by atoms with E-state index in [1.165, 1.54) is 0 Å². The lowest BCUT2D eigenvalue weighted by molar-refractivity contribution is 0.0523. The van der Waals surface area contributed by atoms with Gasteiger partial charge in [-0.25, -0.2) is 4.79 Å². The first-order valence-corrected chi connectivity index (χ1v) is 12.1. The number of fused-ring (bicyclic) bond motifs is 3. The highest BCUT2D eigenvalue weighted by Crippen LogP contribution is 2.45. The third-order valence-corrected chi connectivity index (χ3v) is 6.32. The topological polar surface area (TPSA) is 78.8 Å².